The Bertz CT molecular complexity index is 750. The van der Waals surface area contributed by atoms with Crippen LogP contribution in [0, 0.1) is 0 Å². The van der Waals surface area contributed by atoms with Crippen LogP contribution in [0.1, 0.15) is 36.7 Å². The summed E-state index contributed by atoms with van der Waals surface area (Å²) < 4.78 is 16.4. The molecule has 2 aromatic rings. The lowest BCUT2D eigenvalue weighted by atomic mass is 10.2. The molecule has 2 heterocycles. The topological polar surface area (TPSA) is 72.7 Å². The largest absolute Gasteiger partial charge is 0.493 e. The molecule has 0 aliphatic carbocycles. The van der Waals surface area contributed by atoms with Crippen molar-refractivity contribution in [3.63, 3.8) is 0 Å². The van der Waals surface area contributed by atoms with Gasteiger partial charge >= 0.3 is 0 Å². The molecule has 27 heavy (non-hydrogen) atoms. The average Bonchev–Trinajstić information content (AvgIpc) is 3.14. The lowest BCUT2D eigenvalue weighted by Gasteiger charge is -2.30. The molecule has 0 spiro atoms. The number of rotatable bonds is 7. The first-order valence-electron chi connectivity index (χ1n) is 8.94. The molecule has 0 saturated carbocycles. The molecule has 1 aromatic heterocycles. The Hall–Kier alpha value is -2.09. The smallest absolute Gasteiger partial charge is 0.250 e. The molecule has 0 bridgehead atoms. The van der Waals surface area contributed by atoms with E-state index in [0.29, 0.717) is 24.1 Å². The van der Waals surface area contributed by atoms with E-state index in [1.54, 1.807) is 7.11 Å². The predicted molar refractivity (Wildman–Crippen MR) is 107 cm³/mol. The summed E-state index contributed by atoms with van der Waals surface area (Å²) in [6, 6.07) is 5.96. The molecule has 1 saturated heterocycles. The van der Waals surface area contributed by atoms with Crippen LogP contribution >= 0.6 is 12.4 Å². The normalized spacial score (nSPS) is 17.7. The van der Waals surface area contributed by atoms with Gasteiger partial charge in [-0.15, -0.1) is 12.4 Å². The fourth-order valence-corrected chi connectivity index (χ4v) is 2.83. The fraction of sp³-hybridized carbons (Fsp3) is 0.474. The van der Waals surface area contributed by atoms with E-state index in [4.69, 9.17) is 14.0 Å². The van der Waals surface area contributed by atoms with Crippen LogP contribution in [0.5, 0.6) is 11.5 Å². The number of methoxy groups -OCH3 is 1. The highest BCUT2D eigenvalue weighted by Crippen LogP contribution is 2.29. The zero-order chi connectivity index (χ0) is 18.4. The second-order valence-electron chi connectivity index (χ2n) is 6.28. The number of hydrogen-bond acceptors (Lipinski definition) is 7. The van der Waals surface area contributed by atoms with Crippen molar-refractivity contribution in [1.82, 2.24) is 20.4 Å². The maximum absolute atomic E-state index is 5.67. The van der Waals surface area contributed by atoms with Crippen molar-refractivity contribution in [3.8, 4) is 11.5 Å². The van der Waals surface area contributed by atoms with Crippen LogP contribution in [-0.2, 0) is 0 Å². The summed E-state index contributed by atoms with van der Waals surface area (Å²) in [6.45, 7) is 5.52. The SMILES string of the molecule is CCCOc1ccc(/C=C/c2nc(C3CNCCN3C)no2)cc1OC.Cl. The Morgan fingerprint density at radius 2 is 2.19 bits per heavy atom. The predicted octanol–water partition coefficient (Wildman–Crippen LogP) is 3.04. The minimum Gasteiger partial charge on any atom is -0.493 e. The number of nitrogens with one attached hydrogen (secondary N) is 1. The van der Waals surface area contributed by atoms with E-state index in [1.165, 1.54) is 0 Å². The van der Waals surface area contributed by atoms with Crippen molar-refractivity contribution in [1.29, 1.82) is 0 Å². The van der Waals surface area contributed by atoms with Gasteiger partial charge in [0.25, 0.3) is 5.89 Å². The summed E-state index contributed by atoms with van der Waals surface area (Å²) in [5, 5.41) is 7.48. The molecule has 1 aliphatic rings. The highest BCUT2D eigenvalue weighted by molar-refractivity contribution is 5.85. The quantitative estimate of drug-likeness (QED) is 0.773. The second-order valence-corrected chi connectivity index (χ2v) is 6.28. The van der Waals surface area contributed by atoms with Crippen LogP contribution in [0.3, 0.4) is 0 Å². The van der Waals surface area contributed by atoms with Gasteiger partial charge < -0.3 is 19.3 Å². The van der Waals surface area contributed by atoms with Crippen molar-refractivity contribution in [2.45, 2.75) is 19.4 Å². The van der Waals surface area contributed by atoms with Crippen molar-refractivity contribution < 1.29 is 14.0 Å². The molecule has 8 heteroatoms. The summed E-state index contributed by atoms with van der Waals surface area (Å²) in [6.07, 6.45) is 4.69. The molecule has 0 amide bonds. The Morgan fingerprint density at radius 3 is 2.93 bits per heavy atom. The average molecular weight is 395 g/mol. The number of aromatic nitrogens is 2. The van der Waals surface area contributed by atoms with Crippen molar-refractivity contribution in [2.24, 2.45) is 0 Å². The zero-order valence-electron chi connectivity index (χ0n) is 16.0. The summed E-state index contributed by atoms with van der Waals surface area (Å²) in [4.78, 5) is 6.73. The van der Waals surface area contributed by atoms with Gasteiger partial charge in [0.05, 0.1) is 19.8 Å². The Labute approximate surface area is 166 Å². The van der Waals surface area contributed by atoms with E-state index in [2.05, 4.69) is 34.3 Å². The lowest BCUT2D eigenvalue weighted by molar-refractivity contribution is 0.190. The fourth-order valence-electron chi connectivity index (χ4n) is 2.83. The van der Waals surface area contributed by atoms with E-state index >= 15 is 0 Å². The van der Waals surface area contributed by atoms with E-state index in [9.17, 15) is 0 Å². The molecule has 1 fully saturated rings. The first kappa shape index (κ1) is 21.2. The van der Waals surface area contributed by atoms with Gasteiger partial charge in [-0.25, -0.2) is 0 Å². The summed E-state index contributed by atoms with van der Waals surface area (Å²) in [5.74, 6) is 2.66. The van der Waals surface area contributed by atoms with Crippen molar-refractivity contribution in [3.05, 3.63) is 35.5 Å². The van der Waals surface area contributed by atoms with Crippen molar-refractivity contribution >= 4 is 24.6 Å². The molecule has 7 nitrogen and oxygen atoms in total. The Balaban J connectivity index is 0.00000261. The highest BCUT2D eigenvalue weighted by Gasteiger charge is 2.24. The van der Waals surface area contributed by atoms with E-state index in [0.717, 1.165) is 37.4 Å². The molecule has 1 aromatic carbocycles. The maximum atomic E-state index is 5.67. The minimum atomic E-state index is 0. The molecular formula is C19H27ClN4O3. The van der Waals surface area contributed by atoms with E-state index < -0.39 is 0 Å². The number of ether oxygens (including phenoxy) is 2. The minimum absolute atomic E-state index is 0. The van der Waals surface area contributed by atoms with Gasteiger partial charge in [0.15, 0.2) is 17.3 Å². The van der Waals surface area contributed by atoms with Crippen LogP contribution < -0.4 is 14.8 Å². The van der Waals surface area contributed by atoms with Crippen LogP contribution in [0.25, 0.3) is 12.2 Å². The summed E-state index contributed by atoms with van der Waals surface area (Å²) in [5.41, 5.74) is 0.974. The van der Waals surface area contributed by atoms with E-state index in [1.807, 2.05) is 30.4 Å². The molecule has 148 valence electrons. The highest BCUT2D eigenvalue weighted by atomic mass is 35.5. The number of hydrogen-bond donors (Lipinski definition) is 1. The number of likely N-dealkylation sites (N-methyl/N-ethyl adjacent to an activating group) is 1. The third-order valence-electron chi connectivity index (χ3n) is 4.33. The number of halogens is 1. The van der Waals surface area contributed by atoms with Gasteiger partial charge in [-0.3, -0.25) is 4.90 Å². The third-order valence-corrected chi connectivity index (χ3v) is 4.33. The molecule has 1 aliphatic heterocycles. The van der Waals surface area contributed by atoms with Crippen LogP contribution in [0.4, 0.5) is 0 Å². The molecule has 1 unspecified atom stereocenters. The number of piperazine rings is 1. The van der Waals surface area contributed by atoms with Gasteiger partial charge in [-0.05, 0) is 37.2 Å². The zero-order valence-corrected chi connectivity index (χ0v) is 16.8. The van der Waals surface area contributed by atoms with Gasteiger partial charge in [0.2, 0.25) is 0 Å². The Morgan fingerprint density at radius 1 is 1.33 bits per heavy atom. The third kappa shape index (κ3) is 5.45. The van der Waals surface area contributed by atoms with Gasteiger partial charge in [0, 0.05) is 25.7 Å². The molecule has 1 atom stereocenters. The maximum Gasteiger partial charge on any atom is 0.250 e. The van der Waals surface area contributed by atoms with E-state index in [-0.39, 0.29) is 18.4 Å². The summed E-state index contributed by atoms with van der Waals surface area (Å²) in [7, 11) is 3.71. The molecule has 3 rings (SSSR count). The van der Waals surface area contributed by atoms with Crippen molar-refractivity contribution in [2.75, 3.05) is 40.4 Å². The lowest BCUT2D eigenvalue weighted by Crippen LogP contribution is -2.44. The number of benzene rings is 1. The summed E-state index contributed by atoms with van der Waals surface area (Å²) >= 11 is 0. The van der Waals surface area contributed by atoms with Gasteiger partial charge in [-0.2, -0.15) is 4.98 Å². The molecular weight excluding hydrogens is 368 g/mol. The number of nitrogens with zero attached hydrogens (tertiary/aromatic N) is 3. The van der Waals surface area contributed by atoms with Crippen LogP contribution in [-0.4, -0.2) is 55.4 Å². The molecule has 1 N–H and O–H groups in total. The molecule has 0 radical (unpaired) electrons. The second kappa shape index (κ2) is 10.3. The first-order chi connectivity index (χ1) is 12.7. The van der Waals surface area contributed by atoms with Gasteiger partial charge in [0.1, 0.15) is 0 Å². The Kier molecular flexibility index (Phi) is 8.09. The monoisotopic (exact) mass is 394 g/mol. The van der Waals surface area contributed by atoms with Crippen LogP contribution in [0.2, 0.25) is 0 Å². The first-order valence-corrected chi connectivity index (χ1v) is 8.94. The standard InChI is InChI=1S/C19H26N4O3.ClH/c1-4-11-25-16-7-5-14(12-17(16)24-3)6-8-18-21-19(22-26-18)15-13-20-9-10-23(15)2;/h5-8,12,15,20H,4,9-11,13H2,1-3H3;1H/b8-6+;. The van der Waals surface area contributed by atoms with Crippen LogP contribution in [0.15, 0.2) is 22.7 Å². The van der Waals surface area contributed by atoms with Gasteiger partial charge in [-0.1, -0.05) is 18.1 Å².